The second-order valence-corrected chi connectivity index (χ2v) is 4.94. The van der Waals surface area contributed by atoms with Crippen molar-refractivity contribution in [2.45, 2.75) is 13.5 Å². The predicted octanol–water partition coefficient (Wildman–Crippen LogP) is 4.18. The van der Waals surface area contributed by atoms with E-state index in [2.05, 4.69) is 5.32 Å². The molecular weight excluding hydrogens is 292 g/mol. The van der Waals surface area contributed by atoms with Crippen LogP contribution in [0.2, 0.25) is 5.02 Å². The summed E-state index contributed by atoms with van der Waals surface area (Å²) in [7, 11) is 1.59. The number of hydrogen-bond donors (Lipinski definition) is 1. The summed E-state index contributed by atoms with van der Waals surface area (Å²) >= 11 is 6.16. The Kier molecular flexibility index (Phi) is 4.65. The van der Waals surface area contributed by atoms with Gasteiger partial charge in [0.1, 0.15) is 5.75 Å². The van der Waals surface area contributed by atoms with Gasteiger partial charge in [0.15, 0.2) is 0 Å². The first kappa shape index (κ1) is 15.1. The van der Waals surface area contributed by atoms with Gasteiger partial charge in [-0.15, -0.1) is 0 Å². The molecule has 0 atom stereocenters. The molecular formula is C15H15ClN2O3. The van der Waals surface area contributed by atoms with Crippen molar-refractivity contribution in [1.29, 1.82) is 0 Å². The summed E-state index contributed by atoms with van der Waals surface area (Å²) in [6.45, 7) is 2.18. The summed E-state index contributed by atoms with van der Waals surface area (Å²) in [6.07, 6.45) is 0. The van der Waals surface area contributed by atoms with E-state index in [1.807, 2.05) is 12.1 Å². The van der Waals surface area contributed by atoms with E-state index in [-0.39, 0.29) is 5.69 Å². The van der Waals surface area contributed by atoms with Gasteiger partial charge in [-0.05, 0) is 31.2 Å². The Morgan fingerprint density at radius 2 is 2.10 bits per heavy atom. The number of hydrogen-bond acceptors (Lipinski definition) is 4. The minimum Gasteiger partial charge on any atom is -0.496 e. The number of nitrogens with zero attached hydrogens (tertiary/aromatic N) is 1. The highest BCUT2D eigenvalue weighted by Crippen LogP contribution is 2.28. The van der Waals surface area contributed by atoms with Gasteiger partial charge in [-0.3, -0.25) is 10.1 Å². The normalized spacial score (nSPS) is 10.2. The van der Waals surface area contributed by atoms with Gasteiger partial charge in [-0.25, -0.2) is 0 Å². The van der Waals surface area contributed by atoms with Gasteiger partial charge >= 0.3 is 0 Å². The summed E-state index contributed by atoms with van der Waals surface area (Å²) in [5.41, 5.74) is 2.35. The van der Waals surface area contributed by atoms with E-state index in [1.165, 1.54) is 6.07 Å². The molecule has 0 aromatic heterocycles. The lowest BCUT2D eigenvalue weighted by atomic mass is 10.1. The quantitative estimate of drug-likeness (QED) is 0.665. The van der Waals surface area contributed by atoms with Crippen LogP contribution < -0.4 is 10.1 Å². The molecule has 0 bridgehead atoms. The first-order valence-electron chi connectivity index (χ1n) is 6.33. The molecule has 2 aromatic rings. The fourth-order valence-corrected chi connectivity index (χ4v) is 2.30. The van der Waals surface area contributed by atoms with Crippen LogP contribution in [0.3, 0.4) is 0 Å². The molecule has 0 spiro atoms. The fourth-order valence-electron chi connectivity index (χ4n) is 2.06. The molecule has 2 rings (SSSR count). The zero-order valence-corrected chi connectivity index (χ0v) is 12.5. The smallest absolute Gasteiger partial charge is 0.272 e. The van der Waals surface area contributed by atoms with Crippen LogP contribution in [0, 0.1) is 17.0 Å². The number of ether oxygens (including phenoxy) is 1. The lowest BCUT2D eigenvalue weighted by Crippen LogP contribution is -2.03. The maximum Gasteiger partial charge on any atom is 0.272 e. The van der Waals surface area contributed by atoms with E-state index in [0.717, 1.165) is 11.3 Å². The summed E-state index contributed by atoms with van der Waals surface area (Å²) in [5.74, 6) is 0.702. The second-order valence-electron chi connectivity index (χ2n) is 4.53. The topological polar surface area (TPSA) is 64.4 Å². The monoisotopic (exact) mass is 306 g/mol. The van der Waals surface area contributed by atoms with Crippen molar-refractivity contribution in [2.75, 3.05) is 12.4 Å². The molecule has 110 valence electrons. The standard InChI is InChI=1S/C15H15ClN2O3/c1-10-8-11(6-7-14(10)18(19)20)17-9-12-13(16)4-3-5-15(12)21-2/h3-8,17H,9H2,1-2H3. The summed E-state index contributed by atoms with van der Waals surface area (Å²) < 4.78 is 5.28. The van der Waals surface area contributed by atoms with E-state index < -0.39 is 4.92 Å². The van der Waals surface area contributed by atoms with E-state index in [0.29, 0.717) is 22.9 Å². The molecule has 0 aliphatic heterocycles. The van der Waals surface area contributed by atoms with Crippen molar-refractivity contribution in [2.24, 2.45) is 0 Å². The van der Waals surface area contributed by atoms with Gasteiger partial charge < -0.3 is 10.1 Å². The third kappa shape index (κ3) is 3.44. The first-order chi connectivity index (χ1) is 10.0. The zero-order chi connectivity index (χ0) is 15.4. The van der Waals surface area contributed by atoms with Crippen molar-refractivity contribution in [3.8, 4) is 5.75 Å². The van der Waals surface area contributed by atoms with Crippen molar-refractivity contribution < 1.29 is 9.66 Å². The van der Waals surface area contributed by atoms with E-state index in [9.17, 15) is 10.1 Å². The summed E-state index contributed by atoms with van der Waals surface area (Å²) in [5, 5.41) is 14.6. The van der Waals surface area contributed by atoms with Gasteiger partial charge in [0.05, 0.1) is 12.0 Å². The van der Waals surface area contributed by atoms with E-state index in [1.54, 1.807) is 32.2 Å². The molecule has 21 heavy (non-hydrogen) atoms. The van der Waals surface area contributed by atoms with Gasteiger partial charge in [-0.1, -0.05) is 17.7 Å². The minimum atomic E-state index is -0.393. The number of aryl methyl sites for hydroxylation is 1. The number of rotatable bonds is 5. The molecule has 2 aromatic carbocycles. The lowest BCUT2D eigenvalue weighted by molar-refractivity contribution is -0.385. The Balaban J connectivity index is 2.17. The first-order valence-corrected chi connectivity index (χ1v) is 6.71. The third-order valence-electron chi connectivity index (χ3n) is 3.16. The summed E-state index contributed by atoms with van der Waals surface area (Å²) in [4.78, 5) is 10.4. The second kappa shape index (κ2) is 6.45. The Labute approximate surface area is 127 Å². The van der Waals surface area contributed by atoms with Crippen LogP contribution in [0.25, 0.3) is 0 Å². The van der Waals surface area contributed by atoms with Crippen LogP contribution >= 0.6 is 11.6 Å². The molecule has 0 fully saturated rings. The maximum atomic E-state index is 10.8. The molecule has 0 radical (unpaired) electrons. The Morgan fingerprint density at radius 1 is 1.33 bits per heavy atom. The van der Waals surface area contributed by atoms with Crippen LogP contribution in [0.15, 0.2) is 36.4 Å². The molecule has 5 nitrogen and oxygen atoms in total. The van der Waals surface area contributed by atoms with Crippen molar-refractivity contribution in [3.05, 3.63) is 62.7 Å². The maximum absolute atomic E-state index is 10.8. The highest BCUT2D eigenvalue weighted by Gasteiger charge is 2.11. The van der Waals surface area contributed by atoms with Crippen molar-refractivity contribution in [3.63, 3.8) is 0 Å². The Bertz CT molecular complexity index is 674. The van der Waals surface area contributed by atoms with E-state index >= 15 is 0 Å². The van der Waals surface area contributed by atoms with Crippen molar-refractivity contribution >= 4 is 23.0 Å². The van der Waals surface area contributed by atoms with Gasteiger partial charge in [-0.2, -0.15) is 0 Å². The highest BCUT2D eigenvalue weighted by molar-refractivity contribution is 6.31. The lowest BCUT2D eigenvalue weighted by Gasteiger charge is -2.12. The summed E-state index contributed by atoms with van der Waals surface area (Å²) in [6, 6.07) is 10.4. The van der Waals surface area contributed by atoms with Gasteiger partial charge in [0.25, 0.3) is 5.69 Å². The van der Waals surface area contributed by atoms with Crippen LogP contribution in [-0.4, -0.2) is 12.0 Å². The Hall–Kier alpha value is -2.27. The molecule has 1 N–H and O–H groups in total. The molecule has 0 aliphatic rings. The molecule has 0 saturated heterocycles. The van der Waals surface area contributed by atoms with E-state index in [4.69, 9.17) is 16.3 Å². The van der Waals surface area contributed by atoms with Crippen LogP contribution in [0.5, 0.6) is 5.75 Å². The fraction of sp³-hybridized carbons (Fsp3) is 0.200. The number of anilines is 1. The van der Waals surface area contributed by atoms with Crippen LogP contribution in [-0.2, 0) is 6.54 Å². The average molecular weight is 307 g/mol. The molecule has 0 saturated carbocycles. The number of methoxy groups -OCH3 is 1. The Morgan fingerprint density at radius 3 is 2.71 bits per heavy atom. The highest BCUT2D eigenvalue weighted by atomic mass is 35.5. The van der Waals surface area contributed by atoms with Crippen LogP contribution in [0.1, 0.15) is 11.1 Å². The van der Waals surface area contributed by atoms with Crippen LogP contribution in [0.4, 0.5) is 11.4 Å². The number of nitrogens with one attached hydrogen (secondary N) is 1. The third-order valence-corrected chi connectivity index (χ3v) is 3.51. The number of benzene rings is 2. The number of nitro groups is 1. The molecule has 0 aliphatic carbocycles. The molecule has 6 heteroatoms. The largest absolute Gasteiger partial charge is 0.496 e. The minimum absolute atomic E-state index is 0.107. The molecule has 0 heterocycles. The zero-order valence-electron chi connectivity index (χ0n) is 11.7. The number of nitro benzene ring substituents is 1. The predicted molar refractivity (Wildman–Crippen MR) is 83.2 cm³/mol. The van der Waals surface area contributed by atoms with Crippen molar-refractivity contribution in [1.82, 2.24) is 0 Å². The SMILES string of the molecule is COc1cccc(Cl)c1CNc1ccc([N+](=O)[O-])c(C)c1. The molecule has 0 amide bonds. The number of halogens is 1. The van der Waals surface area contributed by atoms with Gasteiger partial charge in [0, 0.05) is 34.4 Å². The van der Waals surface area contributed by atoms with Gasteiger partial charge in [0.2, 0.25) is 0 Å². The molecule has 0 unspecified atom stereocenters. The average Bonchev–Trinajstić information content (AvgIpc) is 2.45.